The van der Waals surface area contributed by atoms with E-state index in [-0.39, 0.29) is 35.6 Å². The molecule has 0 spiro atoms. The highest BCUT2D eigenvalue weighted by molar-refractivity contribution is 6.15. The number of carbonyl (C=O) groups excluding carboxylic acids is 3. The second-order valence-corrected chi connectivity index (χ2v) is 10.9. The van der Waals surface area contributed by atoms with Crippen molar-refractivity contribution < 1.29 is 31.9 Å². The van der Waals surface area contributed by atoms with E-state index in [0.29, 0.717) is 23.8 Å². The number of nitrogens with one attached hydrogen (secondary N) is 2. The molecule has 1 atom stereocenters. The van der Waals surface area contributed by atoms with E-state index in [0.717, 1.165) is 35.2 Å². The molecule has 0 heterocycles. The number of alkyl halides is 3. The molecule has 46 heavy (non-hydrogen) atoms. The fourth-order valence-electron chi connectivity index (χ4n) is 5.25. The largest absolute Gasteiger partial charge is 0.416 e. The van der Waals surface area contributed by atoms with Crippen molar-refractivity contribution in [3.05, 3.63) is 149 Å². The van der Waals surface area contributed by atoms with Crippen LogP contribution in [-0.2, 0) is 23.8 Å². The molecule has 0 radical (unpaired) electrons. The lowest BCUT2D eigenvalue weighted by atomic mass is 9.95. The first-order valence-corrected chi connectivity index (χ1v) is 14.7. The first-order valence-electron chi connectivity index (χ1n) is 14.7. The highest BCUT2D eigenvalue weighted by Gasteiger charge is 2.31. The lowest BCUT2D eigenvalue weighted by Crippen LogP contribution is -2.42. The Morgan fingerprint density at radius 1 is 0.717 bits per heavy atom. The normalized spacial score (nSPS) is 12.0. The number of aryl methyl sites for hydroxylation is 1. The van der Waals surface area contributed by atoms with Crippen LogP contribution in [0.5, 0.6) is 0 Å². The average Bonchev–Trinajstić information content (AvgIpc) is 3.04. The van der Waals surface area contributed by atoms with Gasteiger partial charge in [-0.2, -0.15) is 13.2 Å². The highest BCUT2D eigenvalue weighted by Crippen LogP contribution is 2.30. The summed E-state index contributed by atoms with van der Waals surface area (Å²) >= 11 is 0. The summed E-state index contributed by atoms with van der Waals surface area (Å²) in [6, 6.07) is 28.1. The van der Waals surface area contributed by atoms with E-state index in [2.05, 4.69) is 10.6 Å². The van der Waals surface area contributed by atoms with Gasteiger partial charge in [-0.3, -0.25) is 14.4 Å². The average molecular weight is 627 g/mol. The van der Waals surface area contributed by atoms with Crippen LogP contribution in [0.2, 0.25) is 0 Å². The van der Waals surface area contributed by atoms with Crippen LogP contribution >= 0.6 is 0 Å². The molecule has 2 N–H and O–H groups in total. The van der Waals surface area contributed by atoms with Crippen LogP contribution in [0.25, 0.3) is 10.8 Å². The zero-order valence-electron chi connectivity index (χ0n) is 24.6. The van der Waals surface area contributed by atoms with Crippen molar-refractivity contribution in [1.82, 2.24) is 5.32 Å². The number of anilines is 1. The Morgan fingerprint density at radius 2 is 1.39 bits per heavy atom. The zero-order chi connectivity index (χ0) is 32.7. The minimum Gasteiger partial charge on any atom is -0.341 e. The smallest absolute Gasteiger partial charge is 0.341 e. The van der Waals surface area contributed by atoms with Gasteiger partial charge in [0, 0.05) is 18.4 Å². The molecule has 0 aliphatic carbocycles. The van der Waals surface area contributed by atoms with Crippen LogP contribution in [0, 0.1) is 5.82 Å². The van der Waals surface area contributed by atoms with E-state index >= 15 is 0 Å². The van der Waals surface area contributed by atoms with Crippen molar-refractivity contribution in [2.45, 2.75) is 37.9 Å². The molecule has 234 valence electrons. The molecule has 5 aromatic carbocycles. The van der Waals surface area contributed by atoms with Gasteiger partial charge in [-0.1, -0.05) is 72.8 Å². The number of amides is 2. The van der Waals surface area contributed by atoms with Crippen LogP contribution in [-0.4, -0.2) is 23.6 Å². The topological polar surface area (TPSA) is 75.3 Å². The fraction of sp³-hybridized carbons (Fsp3) is 0.162. The van der Waals surface area contributed by atoms with Crippen LogP contribution in [0.3, 0.4) is 0 Å². The number of Topliss-reactive ketones (excluding diaryl/α,β-unsaturated/α-hetero) is 1. The molecule has 0 aliphatic rings. The second-order valence-electron chi connectivity index (χ2n) is 10.9. The van der Waals surface area contributed by atoms with E-state index in [1.165, 1.54) is 24.3 Å². The molecular weight excluding hydrogens is 596 g/mol. The van der Waals surface area contributed by atoms with Crippen molar-refractivity contribution in [3.8, 4) is 0 Å². The lowest BCUT2D eigenvalue weighted by molar-refractivity contribution is -0.137. The monoisotopic (exact) mass is 626 g/mol. The number of halogens is 4. The molecule has 5 aromatic rings. The Bertz CT molecular complexity index is 1840. The van der Waals surface area contributed by atoms with Gasteiger partial charge < -0.3 is 10.6 Å². The lowest BCUT2D eigenvalue weighted by Gasteiger charge is -2.21. The van der Waals surface area contributed by atoms with Gasteiger partial charge in [-0.05, 0) is 77.2 Å². The predicted octanol–water partition coefficient (Wildman–Crippen LogP) is 8.18. The third kappa shape index (κ3) is 8.04. The number of benzene rings is 5. The zero-order valence-corrected chi connectivity index (χ0v) is 24.6. The highest BCUT2D eigenvalue weighted by atomic mass is 19.4. The summed E-state index contributed by atoms with van der Waals surface area (Å²) in [5.41, 5.74) is 1.14. The van der Waals surface area contributed by atoms with Crippen molar-refractivity contribution in [3.63, 3.8) is 0 Å². The standard InChI is InChI=1S/C37H30F4N2O3/c38-29-20-15-27(16-21-29)35(45)32(23-25-13-18-28(19-14-25)37(39,40)41)43-36(46)34-30-11-5-4-10-26(30)17-22-31(34)42-33(44)12-6-9-24-7-2-1-3-8-24/h1-5,7-8,10-11,13-22,32H,6,9,12,23H2,(H,42,44)(H,43,46). The van der Waals surface area contributed by atoms with Crippen LogP contribution in [0.1, 0.15) is 50.2 Å². The minimum absolute atomic E-state index is 0.114. The Hall–Kier alpha value is -5.31. The van der Waals surface area contributed by atoms with Gasteiger partial charge in [-0.25, -0.2) is 4.39 Å². The summed E-state index contributed by atoms with van der Waals surface area (Å²) in [7, 11) is 0. The van der Waals surface area contributed by atoms with Crippen molar-refractivity contribution in [1.29, 1.82) is 0 Å². The summed E-state index contributed by atoms with van der Waals surface area (Å²) in [5, 5.41) is 6.85. The minimum atomic E-state index is -4.53. The molecule has 5 rings (SSSR count). The van der Waals surface area contributed by atoms with E-state index in [9.17, 15) is 31.9 Å². The van der Waals surface area contributed by atoms with Crippen LogP contribution < -0.4 is 10.6 Å². The number of rotatable bonds is 11. The first kappa shape index (κ1) is 32.1. The number of carbonyl (C=O) groups is 3. The predicted molar refractivity (Wildman–Crippen MR) is 169 cm³/mol. The fourth-order valence-corrected chi connectivity index (χ4v) is 5.25. The molecule has 0 fully saturated rings. The molecule has 1 unspecified atom stereocenters. The Balaban J connectivity index is 1.42. The molecule has 0 aromatic heterocycles. The summed E-state index contributed by atoms with van der Waals surface area (Å²) in [5.74, 6) is -2.06. The number of fused-ring (bicyclic) bond motifs is 1. The molecular formula is C37H30F4N2O3. The van der Waals surface area contributed by atoms with Gasteiger partial charge in [-0.15, -0.1) is 0 Å². The molecule has 5 nitrogen and oxygen atoms in total. The SMILES string of the molecule is O=C(CCCc1ccccc1)Nc1ccc2ccccc2c1C(=O)NC(Cc1ccc(C(F)(F)F)cc1)C(=O)c1ccc(F)cc1. The molecule has 0 saturated heterocycles. The van der Waals surface area contributed by atoms with E-state index < -0.39 is 35.3 Å². The van der Waals surface area contributed by atoms with Crippen LogP contribution in [0.4, 0.5) is 23.2 Å². The Morgan fingerprint density at radius 3 is 2.09 bits per heavy atom. The Labute approximate surface area is 263 Å². The van der Waals surface area contributed by atoms with Gasteiger partial charge in [0.15, 0.2) is 5.78 Å². The van der Waals surface area contributed by atoms with E-state index in [1.807, 2.05) is 30.3 Å². The number of hydrogen-bond acceptors (Lipinski definition) is 3. The van der Waals surface area contributed by atoms with Crippen molar-refractivity contribution in [2.75, 3.05) is 5.32 Å². The van der Waals surface area contributed by atoms with Gasteiger partial charge in [0.2, 0.25) is 5.91 Å². The third-order valence-electron chi connectivity index (χ3n) is 7.61. The maximum absolute atomic E-state index is 14.0. The second kappa shape index (κ2) is 14.2. The summed E-state index contributed by atoms with van der Waals surface area (Å²) in [6.45, 7) is 0. The van der Waals surface area contributed by atoms with E-state index in [4.69, 9.17) is 0 Å². The summed E-state index contributed by atoms with van der Waals surface area (Å²) < 4.78 is 53.1. The maximum atomic E-state index is 14.0. The molecule has 2 amide bonds. The molecule has 0 aliphatic heterocycles. The quantitative estimate of drug-likeness (QED) is 0.115. The van der Waals surface area contributed by atoms with Crippen molar-refractivity contribution >= 4 is 34.1 Å². The molecule has 0 saturated carbocycles. The van der Waals surface area contributed by atoms with Gasteiger partial charge >= 0.3 is 6.18 Å². The Kier molecular flexibility index (Phi) is 9.91. The summed E-state index contributed by atoms with van der Waals surface area (Å²) in [6.07, 6.45) is -3.16. The maximum Gasteiger partial charge on any atom is 0.416 e. The van der Waals surface area contributed by atoms with Crippen molar-refractivity contribution in [2.24, 2.45) is 0 Å². The number of hydrogen-bond donors (Lipinski definition) is 2. The van der Waals surface area contributed by atoms with Crippen LogP contribution in [0.15, 0.2) is 115 Å². The molecule has 9 heteroatoms. The third-order valence-corrected chi connectivity index (χ3v) is 7.61. The first-order chi connectivity index (χ1) is 22.1. The number of ketones is 1. The molecule has 0 bridgehead atoms. The van der Waals surface area contributed by atoms with Gasteiger partial charge in [0.1, 0.15) is 5.82 Å². The summed E-state index contributed by atoms with van der Waals surface area (Å²) in [4.78, 5) is 40.6. The van der Waals surface area contributed by atoms with E-state index in [1.54, 1.807) is 36.4 Å². The van der Waals surface area contributed by atoms with Gasteiger partial charge in [0.05, 0.1) is 22.9 Å². The van der Waals surface area contributed by atoms with Gasteiger partial charge in [0.25, 0.3) is 5.91 Å².